The summed E-state index contributed by atoms with van der Waals surface area (Å²) in [5.74, 6) is 0. The van der Waals surface area contributed by atoms with Gasteiger partial charge in [-0.15, -0.1) is 0 Å². The minimum Gasteiger partial charge on any atom is -0.399 e. The predicted octanol–water partition coefficient (Wildman–Crippen LogP) is 10.3. The van der Waals surface area contributed by atoms with Crippen molar-refractivity contribution in [3.8, 4) is 16.8 Å². The van der Waals surface area contributed by atoms with Crippen LogP contribution >= 0.6 is 0 Å². The van der Waals surface area contributed by atoms with Crippen LogP contribution in [0.25, 0.3) is 49.4 Å². The fraction of sp³-hybridized carbons (Fsp3) is 0.333. The highest BCUT2D eigenvalue weighted by Crippen LogP contribution is 2.47. The molecule has 0 N–H and O–H groups in total. The summed E-state index contributed by atoms with van der Waals surface area (Å²) in [6.07, 6.45) is 2.43. The first kappa shape index (κ1) is 29.5. The third-order valence-electron chi connectivity index (χ3n) is 11.5. The molecule has 1 aliphatic heterocycles. The molecule has 1 aromatic heterocycles. The van der Waals surface area contributed by atoms with Crippen LogP contribution in [0.4, 0.5) is 0 Å². The van der Waals surface area contributed by atoms with Crippen LogP contribution < -0.4 is 5.46 Å². The van der Waals surface area contributed by atoms with E-state index in [0.717, 1.165) is 16.7 Å². The highest BCUT2D eigenvalue weighted by atomic mass is 16.7. The Morgan fingerprint density at radius 2 is 1.17 bits per heavy atom. The number of hydrogen-bond acceptors (Lipinski definition) is 2. The third kappa shape index (κ3) is 4.48. The average molecular weight is 606 g/mol. The van der Waals surface area contributed by atoms with E-state index in [2.05, 4.69) is 157 Å². The van der Waals surface area contributed by atoms with Gasteiger partial charge in [0.1, 0.15) is 0 Å². The van der Waals surface area contributed by atoms with E-state index in [-0.39, 0.29) is 10.8 Å². The van der Waals surface area contributed by atoms with Gasteiger partial charge in [-0.3, -0.25) is 0 Å². The van der Waals surface area contributed by atoms with Crippen LogP contribution in [0.5, 0.6) is 0 Å². The maximum atomic E-state index is 6.50. The topological polar surface area (TPSA) is 23.4 Å². The van der Waals surface area contributed by atoms with Gasteiger partial charge in [-0.1, -0.05) is 94.4 Å². The van der Waals surface area contributed by atoms with E-state index in [1.165, 1.54) is 62.2 Å². The Morgan fingerprint density at radius 1 is 0.543 bits per heavy atom. The van der Waals surface area contributed by atoms with E-state index in [0.29, 0.717) is 0 Å². The fourth-order valence-corrected chi connectivity index (χ4v) is 7.72. The maximum absolute atomic E-state index is 6.50. The first-order chi connectivity index (χ1) is 21.7. The van der Waals surface area contributed by atoms with E-state index < -0.39 is 18.3 Å². The molecule has 1 saturated heterocycles. The summed E-state index contributed by atoms with van der Waals surface area (Å²) in [5.41, 5.74) is 9.60. The van der Waals surface area contributed by atoms with Gasteiger partial charge in [0.05, 0.1) is 22.2 Å². The summed E-state index contributed by atoms with van der Waals surface area (Å²) in [4.78, 5) is 0. The molecule has 232 valence electrons. The predicted molar refractivity (Wildman–Crippen MR) is 195 cm³/mol. The second-order valence-corrected chi connectivity index (χ2v) is 16.0. The van der Waals surface area contributed by atoms with E-state index in [1.807, 2.05) is 0 Å². The number of aromatic nitrogens is 1. The van der Waals surface area contributed by atoms with Crippen molar-refractivity contribution in [3.63, 3.8) is 0 Å². The van der Waals surface area contributed by atoms with Gasteiger partial charge in [-0.05, 0) is 120 Å². The zero-order valence-electron chi connectivity index (χ0n) is 28.5. The number of hydrogen-bond donors (Lipinski definition) is 0. The van der Waals surface area contributed by atoms with Gasteiger partial charge in [0.25, 0.3) is 0 Å². The van der Waals surface area contributed by atoms with Gasteiger partial charge < -0.3 is 13.9 Å². The van der Waals surface area contributed by atoms with E-state index >= 15 is 0 Å². The summed E-state index contributed by atoms with van der Waals surface area (Å²) in [6.45, 7) is 18.1. The molecule has 2 heterocycles. The second-order valence-electron chi connectivity index (χ2n) is 16.0. The second kappa shape index (κ2) is 9.83. The maximum Gasteiger partial charge on any atom is 0.494 e. The Morgan fingerprint density at radius 3 is 1.89 bits per heavy atom. The molecule has 4 heteroatoms. The first-order valence-electron chi connectivity index (χ1n) is 16.8. The van der Waals surface area contributed by atoms with Gasteiger partial charge in [-0.2, -0.15) is 0 Å². The molecule has 3 nitrogen and oxygen atoms in total. The average Bonchev–Trinajstić information content (AvgIpc) is 3.45. The first-order valence-corrected chi connectivity index (χ1v) is 16.8. The normalized spacial score (nSPS) is 19.6. The lowest BCUT2D eigenvalue weighted by atomic mass is 9.63. The minimum atomic E-state index is -0.422. The van der Waals surface area contributed by atoms with Crippen molar-refractivity contribution in [3.05, 3.63) is 108 Å². The van der Waals surface area contributed by atoms with Crippen molar-refractivity contribution in [1.29, 1.82) is 0 Å². The highest BCUT2D eigenvalue weighted by molar-refractivity contribution is 6.62. The van der Waals surface area contributed by atoms with Crippen LogP contribution in [-0.2, 0) is 20.1 Å². The summed E-state index contributed by atoms with van der Waals surface area (Å²) >= 11 is 0. The molecule has 6 aromatic rings. The molecule has 0 saturated carbocycles. The van der Waals surface area contributed by atoms with E-state index in [4.69, 9.17) is 9.31 Å². The molecule has 8 rings (SSSR count). The minimum absolute atomic E-state index is 0.163. The number of benzene rings is 5. The molecular formula is C42H44BNO2. The molecule has 5 aromatic carbocycles. The molecule has 46 heavy (non-hydrogen) atoms. The molecule has 0 spiro atoms. The van der Waals surface area contributed by atoms with Gasteiger partial charge in [0.2, 0.25) is 0 Å². The van der Waals surface area contributed by atoms with Crippen molar-refractivity contribution < 1.29 is 9.31 Å². The molecule has 0 radical (unpaired) electrons. The lowest BCUT2D eigenvalue weighted by Gasteiger charge is -2.42. The van der Waals surface area contributed by atoms with Crippen LogP contribution in [-0.4, -0.2) is 22.9 Å². The van der Waals surface area contributed by atoms with Gasteiger partial charge in [0, 0.05) is 16.5 Å². The zero-order valence-corrected chi connectivity index (χ0v) is 28.5. The molecule has 1 aliphatic carbocycles. The van der Waals surface area contributed by atoms with Crippen molar-refractivity contribution in [2.45, 2.75) is 90.3 Å². The Balaban J connectivity index is 1.33. The van der Waals surface area contributed by atoms with Crippen LogP contribution in [0.2, 0.25) is 0 Å². The molecule has 0 bridgehead atoms. The standard InChI is InChI=1S/C42H44BNO2/c1-39(2)20-21-40(3,4)36-24-30(16-19-35(36)39)27-14-11-15-32(22-27)44-37-25-29-13-10-9-12-28(29)23-34(37)33-18-17-31(26-38(33)44)43-45-41(5,6)42(7,8)46-43/h9-19,22-26H,20-21H2,1-8H3. The highest BCUT2D eigenvalue weighted by Gasteiger charge is 2.51. The summed E-state index contributed by atoms with van der Waals surface area (Å²) in [7, 11) is -0.422. The summed E-state index contributed by atoms with van der Waals surface area (Å²) in [6, 6.07) is 36.3. The Bertz CT molecular complexity index is 2170. The quantitative estimate of drug-likeness (QED) is 0.187. The van der Waals surface area contributed by atoms with Crippen molar-refractivity contribution in [2.24, 2.45) is 0 Å². The van der Waals surface area contributed by atoms with Crippen molar-refractivity contribution in [2.75, 3.05) is 0 Å². The Kier molecular flexibility index (Phi) is 6.31. The van der Waals surface area contributed by atoms with Crippen LogP contribution in [0.3, 0.4) is 0 Å². The molecule has 0 unspecified atom stereocenters. The lowest BCUT2D eigenvalue weighted by Crippen LogP contribution is -2.41. The van der Waals surface area contributed by atoms with Crippen LogP contribution in [0.15, 0.2) is 97.1 Å². The largest absolute Gasteiger partial charge is 0.494 e. The van der Waals surface area contributed by atoms with Crippen LogP contribution in [0, 0.1) is 0 Å². The summed E-state index contributed by atoms with van der Waals surface area (Å²) < 4.78 is 15.4. The zero-order chi connectivity index (χ0) is 32.2. The van der Waals surface area contributed by atoms with Crippen molar-refractivity contribution in [1.82, 2.24) is 4.57 Å². The molecule has 1 fully saturated rings. The van der Waals surface area contributed by atoms with Gasteiger partial charge in [0.15, 0.2) is 0 Å². The monoisotopic (exact) mass is 605 g/mol. The lowest BCUT2D eigenvalue weighted by molar-refractivity contribution is 0.00578. The third-order valence-corrected chi connectivity index (χ3v) is 11.5. The fourth-order valence-electron chi connectivity index (χ4n) is 7.72. The smallest absolute Gasteiger partial charge is 0.399 e. The van der Waals surface area contributed by atoms with Crippen molar-refractivity contribution >= 4 is 45.2 Å². The molecule has 0 amide bonds. The Labute approximate surface area is 273 Å². The van der Waals surface area contributed by atoms with E-state index in [9.17, 15) is 0 Å². The van der Waals surface area contributed by atoms with E-state index in [1.54, 1.807) is 0 Å². The Hall–Kier alpha value is -3.86. The van der Waals surface area contributed by atoms with Crippen LogP contribution in [0.1, 0.15) is 79.4 Å². The number of nitrogens with zero attached hydrogens (tertiary/aromatic N) is 1. The van der Waals surface area contributed by atoms with Gasteiger partial charge in [-0.25, -0.2) is 0 Å². The molecular weight excluding hydrogens is 561 g/mol. The number of fused-ring (bicyclic) bond motifs is 5. The number of rotatable bonds is 3. The molecule has 2 aliphatic rings. The SMILES string of the molecule is CC1(C)CCC(C)(C)c2cc(-c3cccc(-n4c5cc(B6OC(C)(C)C(C)(C)O6)ccc5c5cc6ccccc6cc54)c3)ccc21. The summed E-state index contributed by atoms with van der Waals surface area (Å²) in [5, 5.41) is 4.96. The van der Waals surface area contributed by atoms with Gasteiger partial charge >= 0.3 is 7.12 Å². The molecule has 0 atom stereocenters.